The summed E-state index contributed by atoms with van der Waals surface area (Å²) in [5.41, 5.74) is 3.10. The SMILES string of the molecule is Cc1cccc(CNC(=O)[C@H]2CCCN(S(=O)(=O)c3cc4c(cc3C)NC(=O)[C@H](C)O4)C2)c1. The van der Waals surface area contributed by atoms with E-state index in [-0.39, 0.29) is 23.3 Å². The third-order valence-electron chi connectivity index (χ3n) is 6.13. The zero-order chi connectivity index (χ0) is 23.8. The van der Waals surface area contributed by atoms with Gasteiger partial charge in [0.05, 0.1) is 16.5 Å². The van der Waals surface area contributed by atoms with E-state index < -0.39 is 22.0 Å². The molecule has 8 nitrogen and oxygen atoms in total. The number of rotatable bonds is 5. The summed E-state index contributed by atoms with van der Waals surface area (Å²) in [5, 5.41) is 5.68. The molecule has 0 radical (unpaired) electrons. The summed E-state index contributed by atoms with van der Waals surface area (Å²) >= 11 is 0. The average molecular weight is 472 g/mol. The number of amides is 2. The summed E-state index contributed by atoms with van der Waals surface area (Å²) in [6, 6.07) is 11.0. The lowest BCUT2D eigenvalue weighted by atomic mass is 9.98. The van der Waals surface area contributed by atoms with Crippen LogP contribution in [0, 0.1) is 19.8 Å². The Morgan fingerprint density at radius 1 is 1.24 bits per heavy atom. The van der Waals surface area contributed by atoms with Gasteiger partial charge in [0.15, 0.2) is 6.10 Å². The van der Waals surface area contributed by atoms with E-state index in [1.807, 2.05) is 31.2 Å². The van der Waals surface area contributed by atoms with Gasteiger partial charge in [0.2, 0.25) is 15.9 Å². The van der Waals surface area contributed by atoms with E-state index in [1.165, 1.54) is 10.4 Å². The fraction of sp³-hybridized carbons (Fsp3) is 0.417. The quantitative estimate of drug-likeness (QED) is 0.698. The average Bonchev–Trinajstić information content (AvgIpc) is 2.78. The molecule has 0 aromatic heterocycles. The first-order chi connectivity index (χ1) is 15.6. The Morgan fingerprint density at radius 2 is 2.03 bits per heavy atom. The molecule has 1 fully saturated rings. The number of anilines is 1. The number of ether oxygens (including phenoxy) is 1. The molecule has 4 rings (SSSR count). The van der Waals surface area contributed by atoms with E-state index >= 15 is 0 Å². The van der Waals surface area contributed by atoms with Crippen LogP contribution in [0.2, 0.25) is 0 Å². The highest BCUT2D eigenvalue weighted by Crippen LogP contribution is 2.36. The maximum atomic E-state index is 13.5. The van der Waals surface area contributed by atoms with E-state index in [9.17, 15) is 18.0 Å². The molecule has 1 saturated heterocycles. The Labute approximate surface area is 194 Å². The molecule has 2 atom stereocenters. The number of nitrogens with one attached hydrogen (secondary N) is 2. The zero-order valence-electron chi connectivity index (χ0n) is 19.1. The molecule has 0 aliphatic carbocycles. The van der Waals surface area contributed by atoms with Crippen LogP contribution < -0.4 is 15.4 Å². The number of carbonyl (C=O) groups is 2. The van der Waals surface area contributed by atoms with Crippen molar-refractivity contribution in [1.82, 2.24) is 9.62 Å². The Bertz CT molecular complexity index is 1190. The van der Waals surface area contributed by atoms with E-state index in [0.29, 0.717) is 42.9 Å². The van der Waals surface area contributed by atoms with Crippen LogP contribution in [-0.4, -0.2) is 43.7 Å². The molecular weight excluding hydrogens is 442 g/mol. The Kier molecular flexibility index (Phi) is 6.45. The molecule has 2 N–H and O–H groups in total. The Morgan fingerprint density at radius 3 is 2.79 bits per heavy atom. The molecule has 2 aromatic rings. The number of hydrogen-bond donors (Lipinski definition) is 2. The van der Waals surface area contributed by atoms with Gasteiger partial charge >= 0.3 is 0 Å². The molecule has 0 spiro atoms. The van der Waals surface area contributed by atoms with Crippen LogP contribution in [0.25, 0.3) is 0 Å². The lowest BCUT2D eigenvalue weighted by Crippen LogP contribution is -2.45. The normalized spacial score (nSPS) is 21.0. The van der Waals surface area contributed by atoms with Crippen molar-refractivity contribution in [3.8, 4) is 5.75 Å². The van der Waals surface area contributed by atoms with Gasteiger partial charge in [0.1, 0.15) is 5.75 Å². The second-order valence-corrected chi connectivity index (χ2v) is 10.7. The largest absolute Gasteiger partial charge is 0.479 e. The molecular formula is C24H29N3O5S. The predicted molar refractivity (Wildman–Crippen MR) is 124 cm³/mol. The standard InChI is InChI=1S/C24H29N3O5S/c1-15-6-4-7-18(10-15)13-25-24(29)19-8-5-9-27(14-19)33(30,31)22-12-21-20(11-16(22)2)26-23(28)17(3)32-21/h4,6-7,10-12,17,19H,5,8-9,13-14H2,1-3H3,(H,25,29)(H,26,28)/t17-,19-/m0/s1. The maximum Gasteiger partial charge on any atom is 0.265 e. The van der Waals surface area contributed by atoms with Crippen molar-refractivity contribution < 1.29 is 22.7 Å². The molecule has 2 aliphatic rings. The van der Waals surface area contributed by atoms with Gasteiger partial charge in [0.25, 0.3) is 5.91 Å². The highest BCUT2D eigenvalue weighted by atomic mass is 32.2. The number of carbonyl (C=O) groups excluding carboxylic acids is 2. The fourth-order valence-corrected chi connectivity index (χ4v) is 6.04. The summed E-state index contributed by atoms with van der Waals surface area (Å²) in [6.45, 7) is 6.19. The molecule has 0 bridgehead atoms. The van der Waals surface area contributed by atoms with Crippen molar-refractivity contribution in [1.29, 1.82) is 0 Å². The van der Waals surface area contributed by atoms with Gasteiger partial charge in [0, 0.05) is 25.7 Å². The zero-order valence-corrected chi connectivity index (χ0v) is 19.9. The number of nitrogens with zero attached hydrogens (tertiary/aromatic N) is 1. The van der Waals surface area contributed by atoms with E-state index in [0.717, 1.165) is 11.1 Å². The van der Waals surface area contributed by atoms with E-state index in [4.69, 9.17) is 4.74 Å². The van der Waals surface area contributed by atoms with Crippen LogP contribution in [0.4, 0.5) is 5.69 Å². The van der Waals surface area contributed by atoms with E-state index in [1.54, 1.807) is 19.9 Å². The van der Waals surface area contributed by atoms with Crippen LogP contribution in [0.1, 0.15) is 36.5 Å². The smallest absolute Gasteiger partial charge is 0.265 e. The second-order valence-electron chi connectivity index (χ2n) is 8.77. The van der Waals surface area contributed by atoms with Gasteiger partial charge in [-0.2, -0.15) is 4.31 Å². The van der Waals surface area contributed by atoms with Crippen molar-refractivity contribution in [2.75, 3.05) is 18.4 Å². The summed E-state index contributed by atoms with van der Waals surface area (Å²) in [6.07, 6.45) is 0.545. The van der Waals surface area contributed by atoms with Gasteiger partial charge in [-0.15, -0.1) is 0 Å². The molecule has 0 unspecified atom stereocenters. The van der Waals surface area contributed by atoms with Gasteiger partial charge in [-0.3, -0.25) is 9.59 Å². The summed E-state index contributed by atoms with van der Waals surface area (Å²) in [5.74, 6) is -0.492. The monoisotopic (exact) mass is 471 g/mol. The highest BCUT2D eigenvalue weighted by molar-refractivity contribution is 7.89. The summed E-state index contributed by atoms with van der Waals surface area (Å²) in [4.78, 5) is 24.8. The third-order valence-corrected chi connectivity index (χ3v) is 8.14. The summed E-state index contributed by atoms with van der Waals surface area (Å²) < 4.78 is 33.9. The number of sulfonamides is 1. The first kappa shape index (κ1) is 23.3. The van der Waals surface area contributed by atoms with Crippen molar-refractivity contribution in [3.05, 3.63) is 53.1 Å². The first-order valence-corrected chi connectivity index (χ1v) is 12.5. The first-order valence-electron chi connectivity index (χ1n) is 11.1. The van der Waals surface area contributed by atoms with Crippen LogP contribution in [0.5, 0.6) is 5.75 Å². The highest BCUT2D eigenvalue weighted by Gasteiger charge is 2.35. The lowest BCUT2D eigenvalue weighted by Gasteiger charge is -2.32. The topological polar surface area (TPSA) is 105 Å². The number of benzene rings is 2. The Hall–Kier alpha value is -2.91. The molecule has 9 heteroatoms. The molecule has 2 aromatic carbocycles. The van der Waals surface area contributed by atoms with Crippen molar-refractivity contribution in [3.63, 3.8) is 0 Å². The Balaban J connectivity index is 1.49. The fourth-order valence-electron chi connectivity index (χ4n) is 4.29. The molecule has 2 aliphatic heterocycles. The van der Waals surface area contributed by atoms with Crippen LogP contribution in [0.3, 0.4) is 0 Å². The minimum absolute atomic E-state index is 0.130. The number of aryl methyl sites for hydroxylation is 2. The molecule has 2 amide bonds. The van der Waals surface area contributed by atoms with Gasteiger partial charge in [-0.05, 0) is 50.8 Å². The lowest BCUT2D eigenvalue weighted by molar-refractivity contribution is -0.126. The molecule has 176 valence electrons. The number of fused-ring (bicyclic) bond motifs is 1. The second kappa shape index (κ2) is 9.15. The van der Waals surface area contributed by atoms with E-state index in [2.05, 4.69) is 10.6 Å². The van der Waals surface area contributed by atoms with Crippen molar-refractivity contribution >= 4 is 27.5 Å². The van der Waals surface area contributed by atoms with Gasteiger partial charge in [-0.25, -0.2) is 8.42 Å². The number of piperidine rings is 1. The molecule has 33 heavy (non-hydrogen) atoms. The summed E-state index contributed by atoms with van der Waals surface area (Å²) in [7, 11) is -3.84. The van der Waals surface area contributed by atoms with Crippen molar-refractivity contribution in [2.45, 2.75) is 51.2 Å². The molecule has 2 heterocycles. The van der Waals surface area contributed by atoms with Crippen LogP contribution >= 0.6 is 0 Å². The predicted octanol–water partition coefficient (Wildman–Crippen LogP) is 2.74. The minimum atomic E-state index is -3.84. The number of hydrogen-bond acceptors (Lipinski definition) is 5. The van der Waals surface area contributed by atoms with Crippen molar-refractivity contribution in [2.24, 2.45) is 5.92 Å². The maximum absolute atomic E-state index is 13.5. The third kappa shape index (κ3) is 4.89. The van der Waals surface area contributed by atoms with Crippen LogP contribution in [-0.2, 0) is 26.2 Å². The van der Waals surface area contributed by atoms with Crippen LogP contribution in [0.15, 0.2) is 41.3 Å². The molecule has 0 saturated carbocycles. The van der Waals surface area contributed by atoms with Gasteiger partial charge in [-0.1, -0.05) is 29.8 Å². The van der Waals surface area contributed by atoms with Gasteiger partial charge < -0.3 is 15.4 Å². The minimum Gasteiger partial charge on any atom is -0.479 e.